The van der Waals surface area contributed by atoms with Crippen molar-refractivity contribution in [3.8, 4) is 11.5 Å². The van der Waals surface area contributed by atoms with E-state index in [2.05, 4.69) is 16.3 Å². The molecule has 2 rings (SSSR count). The van der Waals surface area contributed by atoms with Crippen LogP contribution in [-0.2, 0) is 16.1 Å². The van der Waals surface area contributed by atoms with Crippen molar-refractivity contribution in [2.75, 3.05) is 6.61 Å². The molecule has 0 saturated heterocycles. The molecule has 0 spiro atoms. The van der Waals surface area contributed by atoms with Gasteiger partial charge in [0, 0.05) is 5.56 Å². The van der Waals surface area contributed by atoms with Gasteiger partial charge in [-0.05, 0) is 26.0 Å². The van der Waals surface area contributed by atoms with E-state index in [9.17, 15) is 4.79 Å². The Morgan fingerprint density at radius 2 is 1.95 bits per heavy atom. The first kappa shape index (κ1) is 13.2. The van der Waals surface area contributed by atoms with Gasteiger partial charge in [0.2, 0.25) is 11.8 Å². The van der Waals surface area contributed by atoms with E-state index >= 15 is 0 Å². The zero-order valence-electron chi connectivity index (χ0n) is 10.7. The summed E-state index contributed by atoms with van der Waals surface area (Å²) in [5.74, 6) is -0.370. The number of aliphatic carboxylic acids is 1. The normalized spacial score (nSPS) is 10.6. The first-order valence-electron chi connectivity index (χ1n) is 5.75. The highest BCUT2D eigenvalue weighted by atomic mass is 16.5. The second-order valence-corrected chi connectivity index (χ2v) is 4.26. The number of aromatic nitrogens is 2. The highest BCUT2D eigenvalue weighted by Gasteiger charge is 2.10. The van der Waals surface area contributed by atoms with Crippen molar-refractivity contribution in [3.05, 3.63) is 35.2 Å². The van der Waals surface area contributed by atoms with E-state index in [0.29, 0.717) is 5.89 Å². The van der Waals surface area contributed by atoms with Crippen molar-refractivity contribution >= 4 is 5.97 Å². The Balaban J connectivity index is 2.09. The smallest absolute Gasteiger partial charge is 0.329 e. The second-order valence-electron chi connectivity index (χ2n) is 4.26. The Morgan fingerprint density at radius 1 is 1.26 bits per heavy atom. The van der Waals surface area contributed by atoms with E-state index in [0.717, 1.165) is 16.7 Å². The van der Waals surface area contributed by atoms with Gasteiger partial charge in [-0.25, -0.2) is 4.79 Å². The van der Waals surface area contributed by atoms with Crippen LogP contribution in [0.15, 0.2) is 22.6 Å². The molecule has 0 radical (unpaired) electrons. The lowest BCUT2D eigenvalue weighted by molar-refractivity contribution is -0.142. The summed E-state index contributed by atoms with van der Waals surface area (Å²) in [6.45, 7) is 3.58. The van der Waals surface area contributed by atoms with Crippen molar-refractivity contribution in [1.82, 2.24) is 10.2 Å². The Hall–Kier alpha value is -2.21. The van der Waals surface area contributed by atoms with Crippen LogP contribution < -0.4 is 0 Å². The molecular formula is C13H14N2O4. The number of benzene rings is 1. The Kier molecular flexibility index (Phi) is 3.91. The van der Waals surface area contributed by atoms with Crippen LogP contribution in [0.4, 0.5) is 0 Å². The number of rotatable bonds is 5. The minimum absolute atomic E-state index is 0.00982. The quantitative estimate of drug-likeness (QED) is 0.886. The maximum Gasteiger partial charge on any atom is 0.329 e. The molecule has 2 aromatic rings. The maximum atomic E-state index is 10.3. The van der Waals surface area contributed by atoms with E-state index in [1.807, 2.05) is 26.0 Å². The minimum atomic E-state index is -1.03. The Bertz CT molecular complexity index is 572. The molecule has 0 atom stereocenters. The number of carboxylic acids is 1. The van der Waals surface area contributed by atoms with Gasteiger partial charge < -0.3 is 14.3 Å². The van der Waals surface area contributed by atoms with Crippen LogP contribution in [-0.4, -0.2) is 27.9 Å². The highest BCUT2D eigenvalue weighted by Crippen LogP contribution is 2.21. The van der Waals surface area contributed by atoms with Crippen LogP contribution in [0.5, 0.6) is 0 Å². The fraction of sp³-hybridized carbons (Fsp3) is 0.308. The summed E-state index contributed by atoms with van der Waals surface area (Å²) in [4.78, 5) is 10.3. The Labute approximate surface area is 110 Å². The summed E-state index contributed by atoms with van der Waals surface area (Å²) < 4.78 is 10.3. The van der Waals surface area contributed by atoms with Gasteiger partial charge in [-0.3, -0.25) is 0 Å². The number of aryl methyl sites for hydroxylation is 2. The lowest BCUT2D eigenvalue weighted by Gasteiger charge is -2.00. The largest absolute Gasteiger partial charge is 0.480 e. The zero-order valence-corrected chi connectivity index (χ0v) is 10.7. The third kappa shape index (κ3) is 3.62. The van der Waals surface area contributed by atoms with Crippen LogP contribution in [0.25, 0.3) is 11.5 Å². The van der Waals surface area contributed by atoms with E-state index in [-0.39, 0.29) is 19.1 Å². The molecule has 0 aliphatic carbocycles. The minimum Gasteiger partial charge on any atom is -0.480 e. The average Bonchev–Trinajstić information content (AvgIpc) is 2.76. The first-order chi connectivity index (χ1) is 9.04. The number of carbonyl (C=O) groups is 1. The molecule has 0 bridgehead atoms. The first-order valence-corrected chi connectivity index (χ1v) is 5.75. The van der Waals surface area contributed by atoms with Gasteiger partial charge in [0.05, 0.1) is 0 Å². The number of hydrogen-bond acceptors (Lipinski definition) is 5. The van der Waals surface area contributed by atoms with E-state index in [1.165, 1.54) is 0 Å². The summed E-state index contributed by atoms with van der Waals surface area (Å²) in [7, 11) is 0. The molecule has 1 aromatic carbocycles. The lowest BCUT2D eigenvalue weighted by atomic mass is 10.1. The number of ether oxygens (including phenoxy) is 1. The molecule has 1 N–H and O–H groups in total. The predicted octanol–water partition coefficient (Wildman–Crippen LogP) is 1.95. The van der Waals surface area contributed by atoms with Gasteiger partial charge in [-0.15, -0.1) is 10.2 Å². The summed E-state index contributed by atoms with van der Waals surface area (Å²) in [6.07, 6.45) is 0. The average molecular weight is 262 g/mol. The van der Waals surface area contributed by atoms with E-state index in [4.69, 9.17) is 14.3 Å². The fourth-order valence-electron chi connectivity index (χ4n) is 1.75. The van der Waals surface area contributed by atoms with Crippen molar-refractivity contribution < 1.29 is 19.1 Å². The summed E-state index contributed by atoms with van der Waals surface area (Å²) >= 11 is 0. The second kappa shape index (κ2) is 5.62. The molecule has 0 aliphatic heterocycles. The van der Waals surface area contributed by atoms with Crippen LogP contribution in [0.1, 0.15) is 17.0 Å². The fourth-order valence-corrected chi connectivity index (χ4v) is 1.75. The van der Waals surface area contributed by atoms with Crippen molar-refractivity contribution in [1.29, 1.82) is 0 Å². The van der Waals surface area contributed by atoms with Gasteiger partial charge >= 0.3 is 5.97 Å². The van der Waals surface area contributed by atoms with Crippen LogP contribution in [0, 0.1) is 13.8 Å². The third-order valence-corrected chi connectivity index (χ3v) is 2.39. The summed E-state index contributed by atoms with van der Waals surface area (Å²) in [5, 5.41) is 16.2. The Morgan fingerprint density at radius 3 is 2.58 bits per heavy atom. The molecule has 0 saturated carbocycles. The predicted molar refractivity (Wildman–Crippen MR) is 66.5 cm³/mol. The number of carboxylic acid groups (broad SMARTS) is 1. The van der Waals surface area contributed by atoms with Gasteiger partial charge in [0.1, 0.15) is 13.2 Å². The molecule has 6 nitrogen and oxygen atoms in total. The molecule has 1 heterocycles. The van der Waals surface area contributed by atoms with Gasteiger partial charge in [-0.2, -0.15) is 0 Å². The molecule has 19 heavy (non-hydrogen) atoms. The molecule has 0 fully saturated rings. The monoisotopic (exact) mass is 262 g/mol. The summed E-state index contributed by atoms with van der Waals surface area (Å²) in [6, 6.07) is 5.95. The van der Waals surface area contributed by atoms with Gasteiger partial charge in [-0.1, -0.05) is 17.2 Å². The third-order valence-electron chi connectivity index (χ3n) is 2.39. The molecule has 6 heteroatoms. The van der Waals surface area contributed by atoms with Crippen LogP contribution >= 0.6 is 0 Å². The van der Waals surface area contributed by atoms with Crippen molar-refractivity contribution in [3.63, 3.8) is 0 Å². The van der Waals surface area contributed by atoms with Gasteiger partial charge in [0.25, 0.3) is 0 Å². The van der Waals surface area contributed by atoms with Crippen LogP contribution in [0.3, 0.4) is 0 Å². The van der Waals surface area contributed by atoms with Crippen LogP contribution in [0.2, 0.25) is 0 Å². The topological polar surface area (TPSA) is 85.5 Å². The summed E-state index contributed by atoms with van der Waals surface area (Å²) in [5.41, 5.74) is 3.06. The maximum absolute atomic E-state index is 10.3. The number of hydrogen-bond donors (Lipinski definition) is 1. The molecule has 0 aliphatic rings. The number of nitrogens with zero attached hydrogens (tertiary/aromatic N) is 2. The molecule has 0 amide bonds. The van der Waals surface area contributed by atoms with E-state index in [1.54, 1.807) is 0 Å². The highest BCUT2D eigenvalue weighted by molar-refractivity contribution is 5.67. The van der Waals surface area contributed by atoms with Crippen molar-refractivity contribution in [2.45, 2.75) is 20.5 Å². The van der Waals surface area contributed by atoms with Gasteiger partial charge in [0.15, 0.2) is 0 Å². The van der Waals surface area contributed by atoms with E-state index < -0.39 is 5.97 Å². The zero-order chi connectivity index (χ0) is 13.8. The molecule has 0 unspecified atom stereocenters. The molecule has 1 aromatic heterocycles. The SMILES string of the molecule is Cc1cc(C)cc(-c2nnc(COCC(=O)O)o2)c1. The molecular weight excluding hydrogens is 248 g/mol. The standard InChI is InChI=1S/C13H14N2O4/c1-8-3-9(2)5-10(4-8)13-15-14-11(19-13)6-18-7-12(16)17/h3-5H,6-7H2,1-2H3,(H,16,17). The van der Waals surface area contributed by atoms with Crippen molar-refractivity contribution in [2.24, 2.45) is 0 Å². The lowest BCUT2D eigenvalue weighted by Crippen LogP contribution is -2.06. The molecule has 100 valence electrons.